The van der Waals surface area contributed by atoms with E-state index >= 15 is 0 Å². The van der Waals surface area contributed by atoms with Crippen molar-refractivity contribution in [1.82, 2.24) is 4.67 Å². The minimum Gasteiger partial charge on any atom is -0.271 e. The number of hydrogen-bond acceptors (Lipinski definition) is 1. The molecule has 0 saturated heterocycles. The first kappa shape index (κ1) is 11.4. The van der Waals surface area contributed by atoms with Gasteiger partial charge in [-0.3, -0.25) is 10.1 Å². The predicted octanol–water partition coefficient (Wildman–Crippen LogP) is 2.41. The van der Waals surface area contributed by atoms with Crippen molar-refractivity contribution in [3.05, 3.63) is 0 Å². The van der Waals surface area contributed by atoms with Gasteiger partial charge in [0.05, 0.1) is 0 Å². The Labute approximate surface area is 73.2 Å². The van der Waals surface area contributed by atoms with Gasteiger partial charge in [-0.2, -0.15) is 0 Å². The van der Waals surface area contributed by atoms with Crippen LogP contribution in [0.3, 0.4) is 0 Å². The van der Waals surface area contributed by atoms with Crippen LogP contribution in [0.15, 0.2) is 0 Å². The van der Waals surface area contributed by atoms with Gasteiger partial charge in [0, 0.05) is 12.1 Å². The molecule has 0 fully saturated rings. The molecule has 0 heterocycles. The van der Waals surface area contributed by atoms with E-state index in [0.717, 1.165) is 0 Å². The molecule has 0 aromatic carbocycles. The van der Waals surface area contributed by atoms with Crippen molar-refractivity contribution < 1.29 is 4.57 Å². The highest BCUT2D eigenvalue weighted by Gasteiger charge is 2.28. The lowest BCUT2D eigenvalue weighted by Crippen LogP contribution is -2.34. The second kappa shape index (κ2) is 3.90. The quantitative estimate of drug-likeness (QED) is 0.709. The Kier molecular flexibility index (Phi) is 4.06. The van der Waals surface area contributed by atoms with E-state index in [4.69, 9.17) is 16.7 Å². The summed E-state index contributed by atoms with van der Waals surface area (Å²) in [6.07, 6.45) is 0. The van der Waals surface area contributed by atoms with Crippen LogP contribution >= 0.6 is 18.0 Å². The molecule has 0 rings (SSSR count). The van der Waals surface area contributed by atoms with Gasteiger partial charge in [0.25, 0.3) is 6.80 Å². The number of rotatable bonds is 3. The maximum Gasteiger partial charge on any atom is 0.299 e. The maximum atomic E-state index is 11.3. The molecule has 0 spiro atoms. The standard InChI is InChI=1S/C6H16ClN2OP/c1-5(2)9(6(3)4)11(7,8)10/h5-6H,1-4H3,(H2,8,10). The Morgan fingerprint density at radius 3 is 1.55 bits per heavy atom. The number of halogens is 1. The van der Waals surface area contributed by atoms with E-state index in [9.17, 15) is 4.57 Å². The van der Waals surface area contributed by atoms with Gasteiger partial charge in [-0.15, -0.1) is 0 Å². The minimum absolute atomic E-state index is 0.114. The maximum absolute atomic E-state index is 11.3. The molecule has 11 heavy (non-hydrogen) atoms. The van der Waals surface area contributed by atoms with Crippen molar-refractivity contribution in [2.24, 2.45) is 5.50 Å². The van der Waals surface area contributed by atoms with E-state index in [0.29, 0.717) is 0 Å². The van der Waals surface area contributed by atoms with Crippen molar-refractivity contribution in [1.29, 1.82) is 0 Å². The Balaban J connectivity index is 4.49. The highest BCUT2D eigenvalue weighted by molar-refractivity contribution is 7.85. The summed E-state index contributed by atoms with van der Waals surface area (Å²) in [5.41, 5.74) is 5.33. The lowest BCUT2D eigenvalue weighted by Gasteiger charge is -2.31. The zero-order valence-corrected chi connectivity index (χ0v) is 9.06. The summed E-state index contributed by atoms with van der Waals surface area (Å²) in [6, 6.07) is 0.228. The molecule has 68 valence electrons. The largest absolute Gasteiger partial charge is 0.299 e. The van der Waals surface area contributed by atoms with Crippen molar-refractivity contribution in [2.45, 2.75) is 39.8 Å². The normalized spacial score (nSPS) is 17.9. The molecule has 3 nitrogen and oxygen atoms in total. The van der Waals surface area contributed by atoms with E-state index in [1.54, 1.807) is 4.67 Å². The number of nitrogens with two attached hydrogens (primary N) is 1. The molecular weight excluding hydrogens is 183 g/mol. The molecule has 0 bridgehead atoms. The molecule has 0 amide bonds. The van der Waals surface area contributed by atoms with Crippen molar-refractivity contribution in [2.75, 3.05) is 0 Å². The van der Waals surface area contributed by atoms with Gasteiger partial charge < -0.3 is 0 Å². The Bertz CT molecular complexity index is 158. The Morgan fingerprint density at radius 1 is 1.27 bits per heavy atom. The molecule has 5 heteroatoms. The highest BCUT2D eigenvalue weighted by Crippen LogP contribution is 2.49. The molecule has 0 aliphatic carbocycles. The van der Waals surface area contributed by atoms with Crippen LogP contribution in [-0.4, -0.2) is 16.8 Å². The summed E-state index contributed by atoms with van der Waals surface area (Å²) in [6.45, 7) is 4.59. The molecule has 0 radical (unpaired) electrons. The van der Waals surface area contributed by atoms with Crippen LogP contribution < -0.4 is 5.50 Å². The first-order valence-electron chi connectivity index (χ1n) is 3.64. The third-order valence-corrected chi connectivity index (χ3v) is 3.45. The molecule has 0 aliphatic rings. The van der Waals surface area contributed by atoms with E-state index in [1.165, 1.54) is 0 Å². The fourth-order valence-electron chi connectivity index (χ4n) is 1.23. The number of nitrogens with zero attached hydrogens (tertiary/aromatic N) is 1. The van der Waals surface area contributed by atoms with Crippen LogP contribution in [0.2, 0.25) is 0 Å². The fraction of sp³-hybridized carbons (Fsp3) is 1.00. The lowest BCUT2D eigenvalue weighted by atomic mass is 10.3. The first-order chi connectivity index (χ1) is 4.76. The summed E-state index contributed by atoms with van der Waals surface area (Å²) in [5, 5.41) is 0. The van der Waals surface area contributed by atoms with Gasteiger partial charge in [-0.25, -0.2) is 4.67 Å². The second-order valence-corrected chi connectivity index (χ2v) is 6.12. The lowest BCUT2D eigenvalue weighted by molar-refractivity contribution is 0.306. The zero-order valence-electron chi connectivity index (χ0n) is 7.41. The summed E-state index contributed by atoms with van der Waals surface area (Å²) in [5.74, 6) is 0. The first-order valence-corrected chi connectivity index (χ1v) is 6.27. The van der Waals surface area contributed by atoms with E-state index < -0.39 is 6.80 Å². The Hall–Kier alpha value is 0.440. The molecular formula is C6H16ClN2OP. The van der Waals surface area contributed by atoms with Gasteiger partial charge in [0.15, 0.2) is 0 Å². The van der Waals surface area contributed by atoms with Crippen LogP contribution in [0, 0.1) is 0 Å². The monoisotopic (exact) mass is 198 g/mol. The average molecular weight is 199 g/mol. The van der Waals surface area contributed by atoms with Crippen LogP contribution in [-0.2, 0) is 4.57 Å². The molecule has 0 aliphatic heterocycles. The second-order valence-electron chi connectivity index (χ2n) is 3.11. The van der Waals surface area contributed by atoms with Crippen LogP contribution in [0.1, 0.15) is 27.7 Å². The van der Waals surface area contributed by atoms with E-state index in [-0.39, 0.29) is 12.1 Å². The summed E-state index contributed by atoms with van der Waals surface area (Å²) < 4.78 is 12.9. The SMILES string of the molecule is CC(C)N(C(C)C)P(N)(=O)Cl. The smallest absolute Gasteiger partial charge is 0.271 e. The highest BCUT2D eigenvalue weighted by atomic mass is 35.7. The summed E-state index contributed by atoms with van der Waals surface area (Å²) >= 11 is 5.55. The van der Waals surface area contributed by atoms with E-state index in [1.807, 2.05) is 27.7 Å². The van der Waals surface area contributed by atoms with Crippen LogP contribution in [0.5, 0.6) is 0 Å². The zero-order chi connectivity index (χ0) is 9.23. The van der Waals surface area contributed by atoms with Gasteiger partial charge in [-0.05, 0) is 38.9 Å². The third kappa shape index (κ3) is 3.57. The van der Waals surface area contributed by atoms with Crippen molar-refractivity contribution in [3.8, 4) is 0 Å². The van der Waals surface area contributed by atoms with Crippen molar-refractivity contribution in [3.63, 3.8) is 0 Å². The van der Waals surface area contributed by atoms with Gasteiger partial charge >= 0.3 is 0 Å². The molecule has 0 saturated carbocycles. The molecule has 1 unspecified atom stereocenters. The molecule has 0 aromatic rings. The van der Waals surface area contributed by atoms with Gasteiger partial charge in [-0.1, -0.05) is 0 Å². The molecule has 1 atom stereocenters. The molecule has 0 aromatic heterocycles. The predicted molar refractivity (Wildman–Crippen MR) is 49.8 cm³/mol. The van der Waals surface area contributed by atoms with Gasteiger partial charge in [0.2, 0.25) is 0 Å². The summed E-state index contributed by atoms with van der Waals surface area (Å²) in [7, 11) is 0. The summed E-state index contributed by atoms with van der Waals surface area (Å²) in [4.78, 5) is 0. The van der Waals surface area contributed by atoms with E-state index in [2.05, 4.69) is 0 Å². The Morgan fingerprint density at radius 2 is 1.55 bits per heavy atom. The van der Waals surface area contributed by atoms with Crippen molar-refractivity contribution >= 4 is 18.0 Å². The average Bonchev–Trinajstić information content (AvgIpc) is 1.54. The topological polar surface area (TPSA) is 46.3 Å². The fourth-order valence-corrected chi connectivity index (χ4v) is 3.53. The van der Waals surface area contributed by atoms with Crippen LogP contribution in [0.4, 0.5) is 0 Å². The minimum atomic E-state index is -3.08. The third-order valence-electron chi connectivity index (χ3n) is 1.37. The number of hydrogen-bond donors (Lipinski definition) is 1. The van der Waals surface area contributed by atoms with Gasteiger partial charge in [0.1, 0.15) is 0 Å². The van der Waals surface area contributed by atoms with Crippen LogP contribution in [0.25, 0.3) is 0 Å². The molecule has 2 N–H and O–H groups in total.